The summed E-state index contributed by atoms with van der Waals surface area (Å²) in [7, 11) is 2.25. The lowest BCUT2D eigenvalue weighted by Gasteiger charge is -2.40. The van der Waals surface area contributed by atoms with E-state index in [1.807, 2.05) is 43.7 Å². The second-order valence-electron chi connectivity index (χ2n) is 15.2. The zero-order valence-corrected chi connectivity index (χ0v) is 31.0. The molecule has 4 aromatic rings. The molecule has 1 aromatic carbocycles. The summed E-state index contributed by atoms with van der Waals surface area (Å²) in [5.74, 6) is 0.621. The molecule has 2 saturated heterocycles. The number of aryl methyl sites for hydroxylation is 1. The van der Waals surface area contributed by atoms with Crippen molar-refractivity contribution in [2.24, 2.45) is 14.1 Å². The SMILES string of the molecule is Cn1nc2ccc(-c3cn(COCC[Si](C)(C)C)c4nc(N5C6CCC5CC(NC(=O)OC(C)(C)C)C6)n(C)c(=O)c34)c(Cl)c2c1Cl. The maximum absolute atomic E-state index is 14.4. The van der Waals surface area contributed by atoms with Gasteiger partial charge in [0.2, 0.25) is 5.95 Å². The Balaban J connectivity index is 1.39. The molecule has 6 rings (SSSR count). The Morgan fingerprint density at radius 3 is 2.38 bits per heavy atom. The summed E-state index contributed by atoms with van der Waals surface area (Å²) in [6.07, 6.45) is 4.93. The van der Waals surface area contributed by atoms with Crippen LogP contribution >= 0.6 is 23.2 Å². The van der Waals surface area contributed by atoms with Crippen molar-refractivity contribution >= 4 is 65.3 Å². The highest BCUT2D eigenvalue weighted by molar-refractivity contribution is 6.76. The molecule has 1 amide bonds. The highest BCUT2D eigenvalue weighted by Gasteiger charge is 2.43. The number of anilines is 1. The number of fused-ring (bicyclic) bond motifs is 4. The van der Waals surface area contributed by atoms with Gasteiger partial charge in [0, 0.05) is 64.2 Å². The molecule has 2 aliphatic heterocycles. The molecular formula is C33H45Cl2N7O4Si. The standard InChI is InChI=1S/C33H45Cl2N7O4Si/c1-33(2,3)46-32(44)36-19-15-20-9-10-21(16-19)42(20)31-37-29-25(30(43)39(31)4)23(17-41(29)18-45-13-14-47(6,7)8)22-11-12-24-26(27(22)34)28(35)40(5)38-24/h11-12,17,19-21H,9-10,13-16,18H2,1-8H3,(H,36,44). The fraction of sp³-hybridized carbons (Fsp3) is 0.576. The van der Waals surface area contributed by atoms with Gasteiger partial charge in [0.25, 0.3) is 5.56 Å². The van der Waals surface area contributed by atoms with Crippen LogP contribution in [0.2, 0.25) is 35.9 Å². The van der Waals surface area contributed by atoms with Crippen molar-refractivity contribution in [2.45, 2.75) is 103 Å². The first kappa shape index (κ1) is 33.8. The van der Waals surface area contributed by atoms with Crippen molar-refractivity contribution < 1.29 is 14.3 Å². The van der Waals surface area contributed by atoms with Gasteiger partial charge in [-0.15, -0.1) is 0 Å². The average molecular weight is 703 g/mol. The number of hydrogen-bond acceptors (Lipinski definition) is 7. The van der Waals surface area contributed by atoms with E-state index in [0.717, 1.165) is 31.7 Å². The first-order chi connectivity index (χ1) is 22.0. The quantitative estimate of drug-likeness (QED) is 0.157. The second-order valence-corrected chi connectivity index (χ2v) is 21.5. The minimum atomic E-state index is -1.30. The summed E-state index contributed by atoms with van der Waals surface area (Å²) in [4.78, 5) is 34.4. The van der Waals surface area contributed by atoms with Crippen molar-refractivity contribution in [3.05, 3.63) is 38.9 Å². The van der Waals surface area contributed by atoms with E-state index in [9.17, 15) is 9.59 Å². The molecule has 0 saturated carbocycles. The number of nitrogens with zero attached hydrogens (tertiary/aromatic N) is 6. The molecule has 254 valence electrons. The van der Waals surface area contributed by atoms with Crippen molar-refractivity contribution in [3.63, 3.8) is 0 Å². The number of amides is 1. The fourth-order valence-electron chi connectivity index (χ4n) is 6.90. The molecule has 0 radical (unpaired) electrons. The minimum Gasteiger partial charge on any atom is -0.444 e. The molecular weight excluding hydrogens is 657 g/mol. The largest absolute Gasteiger partial charge is 0.444 e. The van der Waals surface area contributed by atoms with E-state index in [-0.39, 0.29) is 30.4 Å². The maximum atomic E-state index is 14.4. The third kappa shape index (κ3) is 6.66. The highest BCUT2D eigenvalue weighted by atomic mass is 35.5. The Bertz CT molecular complexity index is 1890. The Morgan fingerprint density at radius 1 is 1.06 bits per heavy atom. The molecule has 2 bridgehead atoms. The van der Waals surface area contributed by atoms with Gasteiger partial charge in [-0.3, -0.25) is 14.0 Å². The molecule has 1 N–H and O–H groups in total. The van der Waals surface area contributed by atoms with E-state index < -0.39 is 19.8 Å². The van der Waals surface area contributed by atoms with Crippen LogP contribution in [0.1, 0.15) is 46.5 Å². The first-order valence-corrected chi connectivity index (χ1v) is 20.8. The Morgan fingerprint density at radius 2 is 1.74 bits per heavy atom. The molecule has 0 aliphatic carbocycles. The van der Waals surface area contributed by atoms with Crippen LogP contribution in [0.3, 0.4) is 0 Å². The van der Waals surface area contributed by atoms with E-state index >= 15 is 0 Å². The number of piperidine rings is 1. The minimum absolute atomic E-state index is 0.00838. The van der Waals surface area contributed by atoms with Crippen LogP contribution in [0.5, 0.6) is 0 Å². The number of carbonyl (C=O) groups is 1. The lowest BCUT2D eigenvalue weighted by Crippen LogP contribution is -2.52. The fourth-order valence-corrected chi connectivity index (χ4v) is 8.28. The van der Waals surface area contributed by atoms with E-state index in [1.165, 1.54) is 0 Å². The second kappa shape index (κ2) is 12.4. The number of carbonyl (C=O) groups excluding carboxylic acids is 1. The lowest BCUT2D eigenvalue weighted by atomic mass is 9.98. The molecule has 5 heterocycles. The first-order valence-electron chi connectivity index (χ1n) is 16.3. The predicted octanol–water partition coefficient (Wildman–Crippen LogP) is 6.93. The Kier molecular flexibility index (Phi) is 8.95. The van der Waals surface area contributed by atoms with Crippen LogP contribution < -0.4 is 15.8 Å². The molecule has 2 fully saturated rings. The van der Waals surface area contributed by atoms with Gasteiger partial charge < -0.3 is 24.3 Å². The van der Waals surface area contributed by atoms with Crippen molar-refractivity contribution in [3.8, 4) is 11.1 Å². The number of benzene rings is 1. The normalized spacial score (nSPS) is 20.0. The average Bonchev–Trinajstić information content (AvgIpc) is 3.55. The molecule has 11 nitrogen and oxygen atoms in total. The molecule has 3 aromatic heterocycles. The molecule has 14 heteroatoms. The zero-order chi connectivity index (χ0) is 34.0. The van der Waals surface area contributed by atoms with Crippen molar-refractivity contribution in [1.82, 2.24) is 29.2 Å². The van der Waals surface area contributed by atoms with Gasteiger partial charge in [0.05, 0.1) is 21.3 Å². The van der Waals surface area contributed by atoms with Crippen LogP contribution in [-0.2, 0) is 30.3 Å². The van der Waals surface area contributed by atoms with Crippen molar-refractivity contribution in [2.75, 3.05) is 11.5 Å². The third-order valence-corrected chi connectivity index (χ3v) is 11.7. The smallest absolute Gasteiger partial charge is 0.407 e. The summed E-state index contributed by atoms with van der Waals surface area (Å²) in [5, 5.41) is 9.51. The summed E-state index contributed by atoms with van der Waals surface area (Å²) in [6, 6.07) is 5.03. The summed E-state index contributed by atoms with van der Waals surface area (Å²) in [5.41, 5.74) is 1.85. The van der Waals surface area contributed by atoms with E-state index in [2.05, 4.69) is 35.0 Å². The van der Waals surface area contributed by atoms with Gasteiger partial charge in [0.1, 0.15) is 17.5 Å². The third-order valence-electron chi connectivity index (χ3n) is 9.14. The molecule has 2 unspecified atom stereocenters. The molecule has 2 atom stereocenters. The molecule has 2 aliphatic rings. The molecule has 47 heavy (non-hydrogen) atoms. The Hall–Kier alpha value is -3.06. The zero-order valence-electron chi connectivity index (χ0n) is 28.5. The highest BCUT2D eigenvalue weighted by Crippen LogP contribution is 2.42. The number of halogens is 2. The topological polar surface area (TPSA) is 108 Å². The lowest BCUT2D eigenvalue weighted by molar-refractivity contribution is 0.0492. The van der Waals surface area contributed by atoms with Gasteiger partial charge in [-0.05, 0) is 58.6 Å². The summed E-state index contributed by atoms with van der Waals surface area (Å²) < 4.78 is 16.9. The number of rotatable bonds is 8. The van der Waals surface area contributed by atoms with Gasteiger partial charge in [0.15, 0.2) is 5.65 Å². The van der Waals surface area contributed by atoms with Crippen LogP contribution in [0.25, 0.3) is 33.1 Å². The maximum Gasteiger partial charge on any atom is 0.407 e. The van der Waals surface area contributed by atoms with Gasteiger partial charge in [-0.2, -0.15) is 10.1 Å². The van der Waals surface area contributed by atoms with Gasteiger partial charge in [-0.25, -0.2) is 4.79 Å². The van der Waals surface area contributed by atoms with Gasteiger partial charge in [-0.1, -0.05) is 48.9 Å². The van der Waals surface area contributed by atoms with Gasteiger partial charge >= 0.3 is 6.09 Å². The van der Waals surface area contributed by atoms with E-state index in [0.29, 0.717) is 55.8 Å². The van der Waals surface area contributed by atoms with E-state index in [4.69, 9.17) is 37.7 Å². The molecule has 0 spiro atoms. The number of nitrogens with one attached hydrogen (secondary N) is 1. The Labute approximate surface area is 286 Å². The predicted molar refractivity (Wildman–Crippen MR) is 190 cm³/mol. The monoisotopic (exact) mass is 701 g/mol. The summed E-state index contributed by atoms with van der Waals surface area (Å²) in [6.45, 7) is 13.4. The van der Waals surface area contributed by atoms with Crippen molar-refractivity contribution in [1.29, 1.82) is 0 Å². The number of hydrogen-bond donors (Lipinski definition) is 1. The number of alkyl carbamates (subject to hydrolysis) is 1. The van der Waals surface area contributed by atoms with E-state index in [1.54, 1.807) is 23.3 Å². The van der Waals surface area contributed by atoms with Crippen LogP contribution in [0, 0.1) is 0 Å². The summed E-state index contributed by atoms with van der Waals surface area (Å²) >= 11 is 13.6. The van der Waals surface area contributed by atoms with Crippen LogP contribution in [0.4, 0.5) is 10.7 Å². The van der Waals surface area contributed by atoms with Crippen LogP contribution in [-0.4, -0.2) is 68.4 Å². The number of aromatic nitrogens is 5. The number of ether oxygens (including phenoxy) is 2. The van der Waals surface area contributed by atoms with Crippen LogP contribution in [0.15, 0.2) is 23.1 Å².